The molecule has 0 radical (unpaired) electrons. The Balaban J connectivity index is 2.30. The molecule has 6 heteroatoms. The van der Waals surface area contributed by atoms with Crippen molar-refractivity contribution >= 4 is 17.4 Å². The van der Waals surface area contributed by atoms with E-state index in [9.17, 15) is 19.1 Å². The Morgan fingerprint density at radius 1 is 1.44 bits per heavy atom. The summed E-state index contributed by atoms with van der Waals surface area (Å²) in [7, 11) is 1.66. The maximum Gasteiger partial charge on any atom is 0.299 e. The second kappa shape index (κ2) is 4.83. The summed E-state index contributed by atoms with van der Waals surface area (Å²) in [6.45, 7) is 0.241. The minimum atomic E-state index is -0.819. The van der Waals surface area contributed by atoms with E-state index in [2.05, 4.69) is 5.32 Å². The van der Waals surface area contributed by atoms with Gasteiger partial charge >= 0.3 is 0 Å². The Labute approximate surface area is 103 Å². The molecular weight excluding hydrogens is 239 g/mol. The van der Waals surface area contributed by atoms with Crippen LogP contribution >= 0.6 is 0 Å². The average Bonchev–Trinajstić information content (AvgIpc) is 2.55. The first kappa shape index (κ1) is 12.7. The summed E-state index contributed by atoms with van der Waals surface area (Å²) in [5.41, 5.74) is 0.401. The number of aliphatic hydroxyl groups excluding tert-OH is 1. The van der Waals surface area contributed by atoms with E-state index in [1.165, 1.54) is 6.07 Å². The number of nitrogens with one attached hydrogen (secondary N) is 1. The second-order valence-corrected chi connectivity index (χ2v) is 4.12. The van der Waals surface area contributed by atoms with Crippen LogP contribution in [0, 0.1) is 5.82 Å². The summed E-state index contributed by atoms with van der Waals surface area (Å²) in [5.74, 6) is -1.92. The van der Waals surface area contributed by atoms with Crippen molar-refractivity contribution in [2.45, 2.75) is 6.10 Å². The van der Waals surface area contributed by atoms with E-state index in [0.29, 0.717) is 0 Å². The van der Waals surface area contributed by atoms with E-state index in [1.807, 2.05) is 0 Å². The predicted octanol–water partition coefficient (Wildman–Crippen LogP) is -0.0647. The van der Waals surface area contributed by atoms with Crippen LogP contribution in [0.4, 0.5) is 10.1 Å². The third kappa shape index (κ3) is 2.12. The van der Waals surface area contributed by atoms with Gasteiger partial charge in [0.25, 0.3) is 11.7 Å². The summed E-state index contributed by atoms with van der Waals surface area (Å²) in [6, 6.07) is 3.55. The molecule has 96 valence electrons. The topological polar surface area (TPSA) is 69.6 Å². The normalized spacial score (nSPS) is 16.1. The zero-order valence-corrected chi connectivity index (χ0v) is 9.81. The minimum absolute atomic E-state index is 0.0398. The van der Waals surface area contributed by atoms with Gasteiger partial charge in [-0.3, -0.25) is 9.59 Å². The van der Waals surface area contributed by atoms with Crippen molar-refractivity contribution in [3.05, 3.63) is 29.6 Å². The first-order valence-electron chi connectivity index (χ1n) is 5.53. The number of amides is 1. The molecule has 0 saturated heterocycles. The van der Waals surface area contributed by atoms with Crippen LogP contribution in [0.5, 0.6) is 0 Å². The van der Waals surface area contributed by atoms with Gasteiger partial charge in [-0.2, -0.15) is 0 Å². The Hall–Kier alpha value is -1.79. The number of Topliss-reactive ketones (excluding diaryl/α,β-unsaturated/α-hetero) is 1. The Morgan fingerprint density at radius 3 is 2.83 bits per heavy atom. The Morgan fingerprint density at radius 2 is 2.17 bits per heavy atom. The summed E-state index contributed by atoms with van der Waals surface area (Å²) >= 11 is 0. The maximum absolute atomic E-state index is 13.2. The molecule has 18 heavy (non-hydrogen) atoms. The number of β-amino-alcohol motifs (C(OH)–C–C–N with tert-alkyl or cyclic N) is 1. The first-order valence-corrected chi connectivity index (χ1v) is 5.53. The molecule has 1 unspecified atom stereocenters. The standard InChI is InChI=1S/C12H13FN2O3/c1-14-5-8(16)6-15-10-4-7(13)2-3-9(10)11(17)12(15)18/h2-4,8,14,16H,5-6H2,1H3. The summed E-state index contributed by atoms with van der Waals surface area (Å²) in [4.78, 5) is 24.5. The van der Waals surface area contributed by atoms with E-state index in [4.69, 9.17) is 0 Å². The highest BCUT2D eigenvalue weighted by atomic mass is 19.1. The molecule has 1 aliphatic rings. The fraction of sp³-hybridized carbons (Fsp3) is 0.333. The molecule has 0 spiro atoms. The van der Waals surface area contributed by atoms with Crippen molar-refractivity contribution < 1.29 is 19.1 Å². The van der Waals surface area contributed by atoms with E-state index in [0.717, 1.165) is 17.0 Å². The molecule has 1 amide bonds. The second-order valence-electron chi connectivity index (χ2n) is 4.12. The number of benzene rings is 1. The molecule has 1 heterocycles. The van der Waals surface area contributed by atoms with Crippen molar-refractivity contribution in [3.8, 4) is 0 Å². The molecule has 1 aromatic carbocycles. The van der Waals surface area contributed by atoms with Crippen LogP contribution in [-0.4, -0.2) is 43.0 Å². The molecule has 0 fully saturated rings. The molecule has 5 nitrogen and oxygen atoms in total. The lowest BCUT2D eigenvalue weighted by Crippen LogP contribution is -2.40. The van der Waals surface area contributed by atoms with E-state index in [-0.39, 0.29) is 24.3 Å². The van der Waals surface area contributed by atoms with Gasteiger partial charge in [0.1, 0.15) is 5.82 Å². The van der Waals surface area contributed by atoms with Gasteiger partial charge in [0.05, 0.1) is 23.9 Å². The minimum Gasteiger partial charge on any atom is -0.390 e. The molecule has 1 aliphatic heterocycles. The Kier molecular flexibility index (Phi) is 3.40. The number of likely N-dealkylation sites (N-methyl/N-ethyl adjacent to an activating group) is 1. The number of halogens is 1. The summed E-state index contributed by atoms with van der Waals surface area (Å²) in [5, 5.41) is 12.4. The maximum atomic E-state index is 13.2. The van der Waals surface area contributed by atoms with E-state index in [1.54, 1.807) is 7.05 Å². The first-order chi connectivity index (χ1) is 8.54. The lowest BCUT2D eigenvalue weighted by atomic mass is 10.1. The number of fused-ring (bicyclic) bond motifs is 1. The number of rotatable bonds is 4. The third-order valence-corrected chi connectivity index (χ3v) is 2.77. The number of carbonyl (C=O) groups is 2. The number of aliphatic hydroxyl groups is 1. The SMILES string of the molecule is CNCC(O)CN1C(=O)C(=O)c2ccc(F)cc21. The molecule has 0 aromatic heterocycles. The number of ketones is 1. The molecule has 2 N–H and O–H groups in total. The lowest BCUT2D eigenvalue weighted by molar-refractivity contribution is -0.114. The highest BCUT2D eigenvalue weighted by Crippen LogP contribution is 2.29. The van der Waals surface area contributed by atoms with Gasteiger partial charge in [0.15, 0.2) is 0 Å². The quantitative estimate of drug-likeness (QED) is 0.736. The predicted molar refractivity (Wildman–Crippen MR) is 63.0 cm³/mol. The molecule has 2 rings (SSSR count). The third-order valence-electron chi connectivity index (χ3n) is 2.77. The molecular formula is C12H13FN2O3. The molecule has 0 saturated carbocycles. The molecule has 1 atom stereocenters. The largest absolute Gasteiger partial charge is 0.390 e. The highest BCUT2D eigenvalue weighted by Gasteiger charge is 2.36. The van der Waals surface area contributed by atoms with Crippen LogP contribution in [0.2, 0.25) is 0 Å². The molecule has 1 aromatic rings. The van der Waals surface area contributed by atoms with Crippen molar-refractivity contribution in [2.75, 3.05) is 25.0 Å². The van der Waals surface area contributed by atoms with Crippen molar-refractivity contribution in [1.82, 2.24) is 5.32 Å². The highest BCUT2D eigenvalue weighted by molar-refractivity contribution is 6.52. The van der Waals surface area contributed by atoms with Gasteiger partial charge in [-0.15, -0.1) is 0 Å². The molecule has 0 aliphatic carbocycles. The summed E-state index contributed by atoms with van der Waals surface area (Å²) < 4.78 is 13.2. The average molecular weight is 252 g/mol. The number of hydrogen-bond acceptors (Lipinski definition) is 4. The van der Waals surface area contributed by atoms with Gasteiger partial charge in [0.2, 0.25) is 0 Å². The number of nitrogens with zero attached hydrogens (tertiary/aromatic N) is 1. The van der Waals surface area contributed by atoms with Gasteiger partial charge in [-0.1, -0.05) is 0 Å². The van der Waals surface area contributed by atoms with E-state index >= 15 is 0 Å². The smallest absolute Gasteiger partial charge is 0.299 e. The number of hydrogen-bond donors (Lipinski definition) is 2. The van der Waals surface area contributed by atoms with Gasteiger partial charge in [0, 0.05) is 6.54 Å². The van der Waals surface area contributed by atoms with Gasteiger partial charge in [-0.05, 0) is 25.2 Å². The Bertz CT molecular complexity index is 504. The summed E-state index contributed by atoms with van der Waals surface area (Å²) in [6.07, 6.45) is -0.819. The van der Waals surface area contributed by atoms with Crippen LogP contribution in [0.1, 0.15) is 10.4 Å². The fourth-order valence-corrected chi connectivity index (χ4v) is 1.96. The van der Waals surface area contributed by atoms with Crippen LogP contribution in [0.25, 0.3) is 0 Å². The zero-order chi connectivity index (χ0) is 13.3. The van der Waals surface area contributed by atoms with Crippen molar-refractivity contribution in [3.63, 3.8) is 0 Å². The molecule has 0 bridgehead atoms. The van der Waals surface area contributed by atoms with Gasteiger partial charge in [-0.25, -0.2) is 4.39 Å². The number of carbonyl (C=O) groups excluding carboxylic acids is 2. The number of anilines is 1. The lowest BCUT2D eigenvalue weighted by Gasteiger charge is -2.20. The van der Waals surface area contributed by atoms with Crippen molar-refractivity contribution in [2.24, 2.45) is 0 Å². The zero-order valence-electron chi connectivity index (χ0n) is 9.81. The van der Waals surface area contributed by atoms with Crippen LogP contribution in [0.15, 0.2) is 18.2 Å². The van der Waals surface area contributed by atoms with Crippen LogP contribution in [-0.2, 0) is 4.79 Å². The van der Waals surface area contributed by atoms with E-state index < -0.39 is 23.6 Å². The van der Waals surface area contributed by atoms with Crippen LogP contribution < -0.4 is 10.2 Å². The fourth-order valence-electron chi connectivity index (χ4n) is 1.96. The van der Waals surface area contributed by atoms with Crippen molar-refractivity contribution in [1.29, 1.82) is 0 Å². The van der Waals surface area contributed by atoms with Crippen LogP contribution in [0.3, 0.4) is 0 Å². The van der Waals surface area contributed by atoms with Gasteiger partial charge < -0.3 is 15.3 Å². The monoisotopic (exact) mass is 252 g/mol.